The Hall–Kier alpha value is -1.87. The number of ether oxygens (including phenoxy) is 1. The normalized spacial score (nSPS) is 12.2. The van der Waals surface area contributed by atoms with Crippen molar-refractivity contribution in [2.45, 2.75) is 19.9 Å². The van der Waals surface area contributed by atoms with Crippen LogP contribution in [0.5, 0.6) is 5.75 Å². The number of halogens is 1. The molecule has 0 saturated heterocycles. The van der Waals surface area contributed by atoms with E-state index in [4.69, 9.17) is 4.74 Å². The van der Waals surface area contributed by atoms with Crippen LogP contribution in [0.15, 0.2) is 48.5 Å². The summed E-state index contributed by atoms with van der Waals surface area (Å²) in [6.07, 6.45) is 0. The van der Waals surface area contributed by atoms with E-state index in [2.05, 4.69) is 24.4 Å². The Kier molecular flexibility index (Phi) is 5.13. The highest BCUT2D eigenvalue weighted by Crippen LogP contribution is 2.19. The highest BCUT2D eigenvalue weighted by Gasteiger charge is 2.11. The van der Waals surface area contributed by atoms with Crippen molar-refractivity contribution in [3.63, 3.8) is 0 Å². The maximum Gasteiger partial charge on any atom is 0.129 e. The lowest BCUT2D eigenvalue weighted by atomic mass is 10.1. The SMILES string of the molecule is CCNC(COc1ccc(C)c(F)c1)c1ccccc1. The molecule has 3 heteroatoms. The summed E-state index contributed by atoms with van der Waals surface area (Å²) in [6.45, 7) is 5.12. The first-order valence-electron chi connectivity index (χ1n) is 6.88. The fourth-order valence-electron chi connectivity index (χ4n) is 2.05. The summed E-state index contributed by atoms with van der Waals surface area (Å²) < 4.78 is 19.2. The van der Waals surface area contributed by atoms with Crippen LogP contribution in [0, 0.1) is 12.7 Å². The van der Waals surface area contributed by atoms with Crippen LogP contribution in [0.25, 0.3) is 0 Å². The van der Waals surface area contributed by atoms with E-state index in [-0.39, 0.29) is 11.9 Å². The molecule has 0 fully saturated rings. The molecule has 1 atom stereocenters. The summed E-state index contributed by atoms with van der Waals surface area (Å²) in [7, 11) is 0. The van der Waals surface area contributed by atoms with Crippen molar-refractivity contribution in [3.8, 4) is 5.75 Å². The van der Waals surface area contributed by atoms with Crippen LogP contribution in [-0.2, 0) is 0 Å². The Morgan fingerprint density at radius 3 is 2.55 bits per heavy atom. The van der Waals surface area contributed by atoms with Crippen molar-refractivity contribution in [3.05, 3.63) is 65.5 Å². The second-order valence-corrected chi connectivity index (χ2v) is 4.74. The second kappa shape index (κ2) is 7.06. The van der Waals surface area contributed by atoms with Gasteiger partial charge in [0.05, 0.1) is 6.04 Å². The highest BCUT2D eigenvalue weighted by molar-refractivity contribution is 5.28. The Bertz CT molecular complexity index is 542. The number of aryl methyl sites for hydroxylation is 1. The summed E-state index contributed by atoms with van der Waals surface area (Å²) in [6, 6.07) is 15.2. The van der Waals surface area contributed by atoms with Crippen molar-refractivity contribution in [2.24, 2.45) is 0 Å². The molecule has 0 bridgehead atoms. The zero-order valence-electron chi connectivity index (χ0n) is 11.9. The van der Waals surface area contributed by atoms with Gasteiger partial charge in [0, 0.05) is 6.07 Å². The third-order valence-corrected chi connectivity index (χ3v) is 3.21. The van der Waals surface area contributed by atoms with Gasteiger partial charge >= 0.3 is 0 Å². The topological polar surface area (TPSA) is 21.3 Å². The summed E-state index contributed by atoms with van der Waals surface area (Å²) >= 11 is 0. The molecule has 0 aliphatic rings. The van der Waals surface area contributed by atoms with E-state index in [9.17, 15) is 4.39 Å². The lowest BCUT2D eigenvalue weighted by molar-refractivity contribution is 0.267. The van der Waals surface area contributed by atoms with Crippen LogP contribution in [0.2, 0.25) is 0 Å². The molecule has 0 heterocycles. The number of hydrogen-bond donors (Lipinski definition) is 1. The highest BCUT2D eigenvalue weighted by atomic mass is 19.1. The standard InChI is InChI=1S/C17H20FNO/c1-3-19-17(14-7-5-4-6-8-14)12-20-15-10-9-13(2)16(18)11-15/h4-11,17,19H,3,12H2,1-2H3. The summed E-state index contributed by atoms with van der Waals surface area (Å²) in [5.74, 6) is 0.328. The van der Waals surface area contributed by atoms with E-state index in [1.807, 2.05) is 18.2 Å². The van der Waals surface area contributed by atoms with E-state index >= 15 is 0 Å². The molecule has 2 nitrogen and oxygen atoms in total. The molecule has 1 unspecified atom stereocenters. The molecule has 0 amide bonds. The van der Waals surface area contributed by atoms with Gasteiger partial charge in [-0.3, -0.25) is 0 Å². The van der Waals surface area contributed by atoms with E-state index in [0.717, 1.165) is 6.54 Å². The molecule has 0 spiro atoms. The molecule has 2 aromatic rings. The first-order chi connectivity index (χ1) is 9.70. The molecular formula is C17H20FNO. The van der Waals surface area contributed by atoms with Crippen molar-refractivity contribution < 1.29 is 9.13 Å². The van der Waals surface area contributed by atoms with Gasteiger partial charge in [-0.1, -0.05) is 43.3 Å². The van der Waals surface area contributed by atoms with E-state index in [0.29, 0.717) is 17.9 Å². The molecule has 0 aliphatic heterocycles. The van der Waals surface area contributed by atoms with Gasteiger partial charge in [0.15, 0.2) is 0 Å². The van der Waals surface area contributed by atoms with Crippen molar-refractivity contribution in [1.29, 1.82) is 0 Å². The Morgan fingerprint density at radius 1 is 1.15 bits per heavy atom. The van der Waals surface area contributed by atoms with Crippen LogP contribution >= 0.6 is 0 Å². The monoisotopic (exact) mass is 273 g/mol. The number of rotatable bonds is 6. The van der Waals surface area contributed by atoms with Crippen molar-refractivity contribution in [1.82, 2.24) is 5.32 Å². The largest absolute Gasteiger partial charge is 0.492 e. The van der Waals surface area contributed by atoms with Crippen LogP contribution in [0.4, 0.5) is 4.39 Å². The minimum atomic E-state index is -0.234. The van der Waals surface area contributed by atoms with E-state index in [1.165, 1.54) is 11.6 Å². The van der Waals surface area contributed by atoms with Gasteiger partial charge in [-0.25, -0.2) is 4.39 Å². The van der Waals surface area contributed by atoms with Gasteiger partial charge in [-0.15, -0.1) is 0 Å². The molecule has 106 valence electrons. The zero-order chi connectivity index (χ0) is 14.4. The quantitative estimate of drug-likeness (QED) is 0.862. The van der Waals surface area contributed by atoms with Crippen LogP contribution in [0.1, 0.15) is 24.1 Å². The maximum absolute atomic E-state index is 13.5. The minimum Gasteiger partial charge on any atom is -0.492 e. The predicted octanol–water partition coefficient (Wildman–Crippen LogP) is 3.86. The molecule has 2 aromatic carbocycles. The maximum atomic E-state index is 13.5. The van der Waals surface area contributed by atoms with Gasteiger partial charge in [0.25, 0.3) is 0 Å². The fourth-order valence-corrected chi connectivity index (χ4v) is 2.05. The molecule has 0 radical (unpaired) electrons. The fraction of sp³-hybridized carbons (Fsp3) is 0.294. The van der Waals surface area contributed by atoms with Gasteiger partial charge in [0.1, 0.15) is 18.2 Å². The van der Waals surface area contributed by atoms with E-state index < -0.39 is 0 Å². The number of nitrogens with one attached hydrogen (secondary N) is 1. The number of likely N-dealkylation sites (N-methyl/N-ethyl adjacent to an activating group) is 1. The van der Waals surface area contributed by atoms with Crippen molar-refractivity contribution in [2.75, 3.05) is 13.2 Å². The smallest absolute Gasteiger partial charge is 0.129 e. The first-order valence-corrected chi connectivity index (χ1v) is 6.88. The first kappa shape index (κ1) is 14.5. The molecule has 0 aromatic heterocycles. The average molecular weight is 273 g/mol. The van der Waals surface area contributed by atoms with Crippen molar-refractivity contribution >= 4 is 0 Å². The molecule has 0 aliphatic carbocycles. The number of benzene rings is 2. The molecular weight excluding hydrogens is 253 g/mol. The summed E-state index contributed by atoms with van der Waals surface area (Å²) in [4.78, 5) is 0. The lowest BCUT2D eigenvalue weighted by Gasteiger charge is -2.19. The zero-order valence-corrected chi connectivity index (χ0v) is 11.9. The Balaban J connectivity index is 2.03. The van der Waals surface area contributed by atoms with Crippen LogP contribution in [0.3, 0.4) is 0 Å². The summed E-state index contributed by atoms with van der Waals surface area (Å²) in [5, 5.41) is 3.38. The Labute approximate surface area is 119 Å². The van der Waals surface area contributed by atoms with Crippen LogP contribution in [-0.4, -0.2) is 13.2 Å². The summed E-state index contributed by atoms with van der Waals surface area (Å²) in [5.41, 5.74) is 1.80. The second-order valence-electron chi connectivity index (χ2n) is 4.74. The van der Waals surface area contributed by atoms with Gasteiger partial charge in [-0.05, 0) is 30.7 Å². The predicted molar refractivity (Wildman–Crippen MR) is 79.5 cm³/mol. The minimum absolute atomic E-state index is 0.102. The van der Waals surface area contributed by atoms with Gasteiger partial charge < -0.3 is 10.1 Å². The third-order valence-electron chi connectivity index (χ3n) is 3.21. The molecule has 1 N–H and O–H groups in total. The lowest BCUT2D eigenvalue weighted by Crippen LogP contribution is -2.26. The average Bonchev–Trinajstić information content (AvgIpc) is 2.48. The van der Waals surface area contributed by atoms with Crippen LogP contribution < -0.4 is 10.1 Å². The van der Waals surface area contributed by atoms with Gasteiger partial charge in [0.2, 0.25) is 0 Å². The Morgan fingerprint density at radius 2 is 1.90 bits per heavy atom. The third kappa shape index (κ3) is 3.81. The van der Waals surface area contributed by atoms with Gasteiger partial charge in [-0.2, -0.15) is 0 Å². The molecule has 20 heavy (non-hydrogen) atoms. The molecule has 0 saturated carbocycles. The number of hydrogen-bond acceptors (Lipinski definition) is 2. The van der Waals surface area contributed by atoms with E-state index in [1.54, 1.807) is 19.1 Å². The molecule has 2 rings (SSSR count).